The van der Waals surface area contributed by atoms with Crippen LogP contribution in [0.1, 0.15) is 122 Å². The molecular weight excluding hydrogens is 1540 g/mol. The molecule has 0 aliphatic carbocycles. The van der Waals surface area contributed by atoms with Gasteiger partial charge in [0, 0.05) is 22.3 Å². The number of fused-ring (bicyclic) bond motifs is 6. The summed E-state index contributed by atoms with van der Waals surface area (Å²) in [6.45, 7) is 14.2. The Kier molecular flexibility index (Phi) is 23.6. The molecule has 8 nitrogen and oxygen atoms in total. The third-order valence-corrected chi connectivity index (χ3v) is 19.7. The van der Waals surface area contributed by atoms with Crippen molar-refractivity contribution in [3.8, 4) is 0 Å². The summed E-state index contributed by atoms with van der Waals surface area (Å²) >= 11 is 0. The fourth-order valence-corrected chi connectivity index (χ4v) is 15.2. The van der Waals surface area contributed by atoms with Gasteiger partial charge in [-0.25, -0.2) is 9.98 Å². The van der Waals surface area contributed by atoms with Gasteiger partial charge in [-0.1, -0.05) is 121 Å². The largest absolute Gasteiger partial charge is 2.00 e. The summed E-state index contributed by atoms with van der Waals surface area (Å²) < 4.78 is 4.44. The first-order valence-electron chi connectivity index (χ1n) is 31.0. The Hall–Kier alpha value is -2.85. The maximum atomic E-state index is 5.85. The van der Waals surface area contributed by atoms with Crippen LogP contribution in [-0.4, -0.2) is 122 Å². The molecule has 13 heteroatoms. The number of benzene rings is 4. The molecule has 452 valence electrons. The number of piperidine rings is 4. The molecule has 0 spiro atoms. The number of rotatable bonds is 12. The molecule has 0 radical (unpaired) electrons. The molecule has 8 aliphatic rings. The van der Waals surface area contributed by atoms with Crippen LogP contribution in [0.4, 0.5) is 0 Å². The Morgan fingerprint density at radius 3 is 0.906 bits per heavy atom. The number of halogens is 4. The average Bonchev–Trinajstić information content (AvgIpc) is 4.49. The second-order valence-corrected chi connectivity index (χ2v) is 26.6. The Morgan fingerprint density at radius 1 is 0.353 bits per heavy atom. The molecule has 4 aromatic carbocycles. The van der Waals surface area contributed by atoms with E-state index >= 15 is 0 Å². The van der Waals surface area contributed by atoms with Gasteiger partial charge in [-0.05, 0) is 146 Å². The van der Waals surface area contributed by atoms with Crippen molar-refractivity contribution in [3.05, 3.63) is 218 Å². The maximum absolute atomic E-state index is 5.85. The second-order valence-electron chi connectivity index (χ2n) is 26.6. The van der Waals surface area contributed by atoms with Crippen LogP contribution in [0.2, 0.25) is 0 Å². The standard InChI is InChI=1S/C72H86N8.4HI.Ni/c1-77(41-9-5-10-42-77)49-53-17-25-57(26-18-53)69-61-33-35-63(73-61)70(58-27-19-54(20-28-58)50-78(2)43-11-6-12-44-78)65-37-39-67(75-65)72(60-31-23-56(24-32-60)52-80(4)47-15-8-16-48-80)68-40-38-66(76-68)71(64-36-34-62(69)74-64)59-29-21-55(22-30-59)51-79(3)45-13-7-14-46-79;;;;;/h17-40,61,63H,5-16,41-52H2,1-4H3;4*1H;/q+2;;;;;+2/p-4/b69-62-,70-65-,71-66-,72-68-;;;;;. The summed E-state index contributed by atoms with van der Waals surface area (Å²) in [7, 11) is 9.77. The van der Waals surface area contributed by atoms with Gasteiger partial charge in [0.05, 0.1) is 103 Å². The molecule has 1 aromatic heterocycles. The molecule has 9 heterocycles. The molecule has 8 bridgehead atoms. The SMILES string of the molecule is C[N+]1(Cc2ccc(/C3=C4\C=CC(=N4)/C(c4ccc(C[N+]5(C)CCCCC5)cc4)=c4/cc/c([n-]4)=C(\c4ccc(C[N+]5(C)CCCCC5)cc4)C4=N/C(=C(/c5ccc(C[N+]6(C)CCCCC6)cc5)C5C=CC3[N-]5)C=C4)cc2)CCCCC1.[I-].[I-].[I-].[I-].[Ni+2]. The van der Waals surface area contributed by atoms with Gasteiger partial charge >= 0.3 is 16.5 Å². The molecule has 8 aliphatic heterocycles. The Morgan fingerprint density at radius 2 is 0.624 bits per heavy atom. The van der Waals surface area contributed by atoms with Crippen LogP contribution in [-0.2, 0) is 42.7 Å². The monoisotopic (exact) mass is 1630 g/mol. The number of hydrogen-bond donors (Lipinski definition) is 0. The minimum absolute atomic E-state index is 0. The van der Waals surface area contributed by atoms with Crippen molar-refractivity contribution in [3.63, 3.8) is 0 Å². The summed E-state index contributed by atoms with van der Waals surface area (Å²) in [6.07, 6.45) is 29.5. The number of nitrogens with zero attached hydrogens (tertiary/aromatic N) is 8. The van der Waals surface area contributed by atoms with Crippen molar-refractivity contribution in [2.45, 2.75) is 115 Å². The first-order valence-corrected chi connectivity index (χ1v) is 31.0. The van der Waals surface area contributed by atoms with Crippen LogP contribution in [0.15, 0.2) is 167 Å². The molecular formula is C72H86I4N8Ni. The molecule has 4 saturated heterocycles. The maximum Gasteiger partial charge on any atom is 2.00 e. The normalized spacial score (nSPS) is 25.5. The summed E-state index contributed by atoms with van der Waals surface area (Å²) in [4.78, 5) is 17.1. The molecule has 5 aromatic rings. The number of aromatic nitrogens is 1. The van der Waals surface area contributed by atoms with Crippen LogP contribution < -0.4 is 112 Å². The Balaban J connectivity index is 0.00000188. The molecule has 2 unspecified atom stereocenters. The minimum atomic E-state index is -0.221. The zero-order chi connectivity index (χ0) is 54.3. The fraction of sp³-hybridized carbons (Fsp3) is 0.417. The van der Waals surface area contributed by atoms with Gasteiger partial charge in [0.15, 0.2) is 0 Å². The van der Waals surface area contributed by atoms with Crippen LogP contribution in [0.25, 0.3) is 27.6 Å². The smallest absolute Gasteiger partial charge is 1.00 e. The van der Waals surface area contributed by atoms with Gasteiger partial charge in [0.2, 0.25) is 0 Å². The topological polar surface area (TPSA) is 52.9 Å². The molecule has 2 atom stereocenters. The van der Waals surface area contributed by atoms with E-state index in [1.807, 2.05) is 0 Å². The Bertz CT molecular complexity index is 3250. The van der Waals surface area contributed by atoms with E-state index in [4.69, 9.17) is 20.3 Å². The fourth-order valence-electron chi connectivity index (χ4n) is 15.2. The van der Waals surface area contributed by atoms with Gasteiger partial charge in [-0.3, -0.25) is 0 Å². The number of allylic oxidation sites excluding steroid dienone is 4. The van der Waals surface area contributed by atoms with Crippen molar-refractivity contribution < 1.29 is 130 Å². The first kappa shape index (κ1) is 68.1. The van der Waals surface area contributed by atoms with Crippen molar-refractivity contribution in [1.29, 1.82) is 0 Å². The zero-order valence-electron chi connectivity index (χ0n) is 50.4. The van der Waals surface area contributed by atoms with Gasteiger partial charge in [-0.2, -0.15) is 0 Å². The van der Waals surface area contributed by atoms with Gasteiger partial charge < -0.3 is 124 Å². The van der Waals surface area contributed by atoms with E-state index in [9.17, 15) is 0 Å². The third kappa shape index (κ3) is 15.5. The van der Waals surface area contributed by atoms with E-state index in [0.29, 0.717) is 0 Å². The second kappa shape index (κ2) is 29.4. The molecule has 0 N–H and O–H groups in total. The predicted octanol–water partition coefficient (Wildman–Crippen LogP) is 0.116. The number of aliphatic imine (C=N–C) groups is 2. The van der Waals surface area contributed by atoms with Crippen molar-refractivity contribution in [2.75, 3.05) is 80.5 Å². The number of quaternary nitrogens is 4. The Labute approximate surface area is 586 Å². The van der Waals surface area contributed by atoms with Gasteiger partial charge in [0.1, 0.15) is 26.2 Å². The van der Waals surface area contributed by atoms with E-state index in [0.717, 1.165) is 111 Å². The molecule has 0 amide bonds. The van der Waals surface area contributed by atoms with E-state index in [1.54, 1.807) is 0 Å². The molecule has 13 rings (SSSR count). The molecule has 85 heavy (non-hydrogen) atoms. The van der Waals surface area contributed by atoms with Crippen molar-refractivity contribution in [1.82, 2.24) is 4.98 Å². The molecule has 0 saturated carbocycles. The van der Waals surface area contributed by atoms with E-state index in [-0.39, 0.29) is 124 Å². The van der Waals surface area contributed by atoms with E-state index in [1.165, 1.54) is 163 Å². The van der Waals surface area contributed by atoms with Crippen LogP contribution in [0.3, 0.4) is 0 Å². The predicted molar refractivity (Wildman–Crippen MR) is 331 cm³/mol. The van der Waals surface area contributed by atoms with Crippen molar-refractivity contribution >= 4 is 33.7 Å². The summed E-state index contributed by atoms with van der Waals surface area (Å²) in [6, 6.07) is 41.7. The molecule has 4 fully saturated rings. The van der Waals surface area contributed by atoms with Crippen LogP contribution >= 0.6 is 0 Å². The van der Waals surface area contributed by atoms with E-state index < -0.39 is 0 Å². The van der Waals surface area contributed by atoms with E-state index in [2.05, 4.69) is 174 Å². The van der Waals surface area contributed by atoms with Crippen LogP contribution in [0.5, 0.6) is 0 Å². The zero-order valence-corrected chi connectivity index (χ0v) is 60.0. The first-order chi connectivity index (χ1) is 38.9. The van der Waals surface area contributed by atoms with Gasteiger partial charge in [0.25, 0.3) is 0 Å². The average molecular weight is 1630 g/mol. The quantitative estimate of drug-likeness (QED) is 0.0760. The summed E-state index contributed by atoms with van der Waals surface area (Å²) in [5.41, 5.74) is 18.3. The summed E-state index contributed by atoms with van der Waals surface area (Å²) in [5, 5.41) is 7.68. The number of likely N-dealkylation sites (tertiary alicyclic amines) is 4. The third-order valence-electron chi connectivity index (χ3n) is 19.7. The minimum Gasteiger partial charge on any atom is -1.00 e. The van der Waals surface area contributed by atoms with Crippen LogP contribution in [0, 0.1) is 0 Å². The van der Waals surface area contributed by atoms with Gasteiger partial charge in [-0.15, -0.1) is 22.9 Å². The summed E-state index contributed by atoms with van der Waals surface area (Å²) in [5.74, 6) is 0. The van der Waals surface area contributed by atoms with Crippen molar-refractivity contribution in [2.24, 2.45) is 9.98 Å². The number of hydrogen-bond acceptors (Lipinski definition) is 2.